The van der Waals surface area contributed by atoms with Crippen LogP contribution in [0.25, 0.3) is 0 Å². The Hall–Kier alpha value is -1.08. The Labute approximate surface area is 161 Å². The largest absolute Gasteiger partial charge is 0.364 e. The van der Waals surface area contributed by atoms with E-state index in [2.05, 4.69) is 15.2 Å². The van der Waals surface area contributed by atoms with Crippen LogP contribution in [-0.2, 0) is 9.53 Å². The van der Waals surface area contributed by atoms with E-state index in [1.807, 2.05) is 25.1 Å². The van der Waals surface area contributed by atoms with Crippen LogP contribution in [-0.4, -0.2) is 48.8 Å². The van der Waals surface area contributed by atoms with Crippen molar-refractivity contribution in [1.82, 2.24) is 10.3 Å². The van der Waals surface area contributed by atoms with Gasteiger partial charge >= 0.3 is 0 Å². The maximum Gasteiger partial charge on any atom is 0.249 e. The molecule has 2 atom stereocenters. The van der Waals surface area contributed by atoms with Crippen LogP contribution >= 0.6 is 24.8 Å². The summed E-state index contributed by atoms with van der Waals surface area (Å²) in [6.07, 6.45) is 3.26. The molecule has 142 valence electrons. The highest BCUT2D eigenvalue weighted by molar-refractivity contribution is 5.85. The van der Waals surface area contributed by atoms with Crippen molar-refractivity contribution >= 4 is 36.5 Å². The number of rotatable bonds is 4. The van der Waals surface area contributed by atoms with E-state index in [1.54, 1.807) is 0 Å². The molecule has 2 aliphatic heterocycles. The second kappa shape index (κ2) is 10.2. The molecular weight excluding hydrogens is 363 g/mol. The van der Waals surface area contributed by atoms with Crippen LogP contribution in [0.2, 0.25) is 0 Å². The van der Waals surface area contributed by atoms with Gasteiger partial charge in [0, 0.05) is 31.4 Å². The summed E-state index contributed by atoms with van der Waals surface area (Å²) in [5, 5.41) is 3.14. The molecule has 8 heteroatoms. The molecule has 3 N–H and O–H groups in total. The van der Waals surface area contributed by atoms with Crippen molar-refractivity contribution in [3.05, 3.63) is 23.9 Å². The van der Waals surface area contributed by atoms with Gasteiger partial charge in [-0.3, -0.25) is 4.79 Å². The number of anilines is 1. The Kier molecular flexibility index (Phi) is 8.93. The summed E-state index contributed by atoms with van der Waals surface area (Å²) in [6, 6.07) is 6.32. The van der Waals surface area contributed by atoms with Gasteiger partial charge in [-0.15, -0.1) is 24.8 Å². The molecule has 2 aliphatic rings. The highest BCUT2D eigenvalue weighted by atomic mass is 35.5. The minimum Gasteiger partial charge on any atom is -0.364 e. The van der Waals surface area contributed by atoms with E-state index in [-0.39, 0.29) is 49.0 Å². The molecule has 0 bridgehead atoms. The van der Waals surface area contributed by atoms with Gasteiger partial charge in [0.05, 0.1) is 6.10 Å². The molecule has 0 spiro atoms. The number of hydrogen-bond donors (Lipinski definition) is 2. The van der Waals surface area contributed by atoms with Crippen LogP contribution in [0.1, 0.15) is 31.4 Å². The van der Waals surface area contributed by atoms with Gasteiger partial charge in [-0.05, 0) is 44.7 Å². The lowest BCUT2D eigenvalue weighted by atomic mass is 10.0. The van der Waals surface area contributed by atoms with Crippen molar-refractivity contribution in [2.75, 3.05) is 24.5 Å². The Morgan fingerprint density at radius 3 is 2.60 bits per heavy atom. The van der Waals surface area contributed by atoms with Gasteiger partial charge in [-0.1, -0.05) is 6.07 Å². The standard InChI is InChI=1S/C17H26N4O2.2ClH/c1-12-3-2-4-16(19-12)21-9-7-13(8-10-21)20-17(22)15-6-5-14(11-18)23-15;;/h2-4,13-15H,5-11,18H2,1H3,(H,20,22);2*1H/t14-,15+;;/m1../s1. The lowest BCUT2D eigenvalue weighted by Crippen LogP contribution is -2.47. The van der Waals surface area contributed by atoms with E-state index in [4.69, 9.17) is 10.5 Å². The zero-order chi connectivity index (χ0) is 16.2. The van der Waals surface area contributed by atoms with Crippen molar-refractivity contribution in [2.45, 2.75) is 50.9 Å². The van der Waals surface area contributed by atoms with Crippen molar-refractivity contribution in [3.8, 4) is 0 Å². The van der Waals surface area contributed by atoms with Gasteiger partial charge in [0.15, 0.2) is 0 Å². The van der Waals surface area contributed by atoms with Gasteiger partial charge in [0.1, 0.15) is 11.9 Å². The summed E-state index contributed by atoms with van der Waals surface area (Å²) < 4.78 is 5.66. The first-order chi connectivity index (χ1) is 11.2. The summed E-state index contributed by atoms with van der Waals surface area (Å²) in [7, 11) is 0. The second-order valence-corrected chi connectivity index (χ2v) is 6.47. The Morgan fingerprint density at radius 1 is 1.28 bits per heavy atom. The Morgan fingerprint density at radius 2 is 2.00 bits per heavy atom. The first-order valence-corrected chi connectivity index (χ1v) is 8.50. The summed E-state index contributed by atoms with van der Waals surface area (Å²) in [4.78, 5) is 19.1. The minimum absolute atomic E-state index is 0. The normalized spacial score (nSPS) is 23.5. The van der Waals surface area contributed by atoms with E-state index in [9.17, 15) is 4.79 Å². The maximum absolute atomic E-state index is 12.3. The number of aromatic nitrogens is 1. The smallest absolute Gasteiger partial charge is 0.249 e. The van der Waals surface area contributed by atoms with Gasteiger partial charge < -0.3 is 20.7 Å². The number of nitrogens with zero attached hydrogens (tertiary/aromatic N) is 2. The van der Waals surface area contributed by atoms with Crippen molar-refractivity contribution < 1.29 is 9.53 Å². The van der Waals surface area contributed by atoms with Crippen LogP contribution < -0.4 is 16.0 Å². The summed E-state index contributed by atoms with van der Waals surface area (Å²) in [6.45, 7) is 4.33. The molecule has 25 heavy (non-hydrogen) atoms. The fourth-order valence-corrected chi connectivity index (χ4v) is 3.32. The summed E-state index contributed by atoms with van der Waals surface area (Å²) in [5.74, 6) is 1.05. The molecule has 3 rings (SSSR count). The number of nitrogens with one attached hydrogen (secondary N) is 1. The molecule has 6 nitrogen and oxygen atoms in total. The van der Waals surface area contributed by atoms with E-state index in [1.165, 1.54) is 0 Å². The van der Waals surface area contributed by atoms with Gasteiger partial charge in [0.25, 0.3) is 0 Å². The maximum atomic E-state index is 12.3. The molecule has 0 aliphatic carbocycles. The monoisotopic (exact) mass is 390 g/mol. The predicted molar refractivity (Wildman–Crippen MR) is 104 cm³/mol. The number of nitrogens with two attached hydrogens (primary N) is 1. The number of piperidine rings is 1. The number of ether oxygens (including phenoxy) is 1. The topological polar surface area (TPSA) is 80.5 Å². The highest BCUT2D eigenvalue weighted by Crippen LogP contribution is 2.21. The number of carbonyl (C=O) groups excluding carboxylic acids is 1. The third-order valence-electron chi connectivity index (χ3n) is 4.70. The van der Waals surface area contributed by atoms with Crippen LogP contribution in [0.3, 0.4) is 0 Å². The lowest BCUT2D eigenvalue weighted by Gasteiger charge is -2.33. The fourth-order valence-electron chi connectivity index (χ4n) is 3.32. The number of carbonyl (C=O) groups is 1. The number of aryl methyl sites for hydroxylation is 1. The lowest BCUT2D eigenvalue weighted by molar-refractivity contribution is -0.132. The molecule has 0 unspecified atom stereocenters. The summed E-state index contributed by atoms with van der Waals surface area (Å²) in [5.41, 5.74) is 6.63. The molecule has 1 amide bonds. The van der Waals surface area contributed by atoms with Gasteiger partial charge in [0.2, 0.25) is 5.91 Å². The minimum atomic E-state index is -0.319. The molecule has 0 saturated carbocycles. The Balaban J connectivity index is 0.00000156. The van der Waals surface area contributed by atoms with Gasteiger partial charge in [-0.2, -0.15) is 0 Å². The average Bonchev–Trinajstić information content (AvgIpc) is 3.05. The molecule has 1 aromatic heterocycles. The fraction of sp³-hybridized carbons (Fsp3) is 0.647. The quantitative estimate of drug-likeness (QED) is 0.819. The molecule has 1 aromatic rings. The third-order valence-corrected chi connectivity index (χ3v) is 4.70. The van der Waals surface area contributed by atoms with Crippen molar-refractivity contribution in [3.63, 3.8) is 0 Å². The third kappa shape index (κ3) is 5.71. The first-order valence-electron chi connectivity index (χ1n) is 8.50. The number of hydrogen-bond acceptors (Lipinski definition) is 5. The molecule has 3 heterocycles. The molecular formula is C17H28Cl2N4O2. The highest BCUT2D eigenvalue weighted by Gasteiger charge is 2.31. The number of amides is 1. The van der Waals surface area contributed by atoms with E-state index in [0.717, 1.165) is 50.3 Å². The summed E-state index contributed by atoms with van der Waals surface area (Å²) >= 11 is 0. The molecule has 0 aromatic carbocycles. The van der Waals surface area contributed by atoms with Crippen LogP contribution in [0.15, 0.2) is 18.2 Å². The van der Waals surface area contributed by atoms with Crippen LogP contribution in [0.4, 0.5) is 5.82 Å². The van der Waals surface area contributed by atoms with E-state index in [0.29, 0.717) is 6.54 Å². The molecule has 0 radical (unpaired) electrons. The van der Waals surface area contributed by atoms with Crippen LogP contribution in [0.5, 0.6) is 0 Å². The number of halogens is 2. The Bertz CT molecular complexity index is 553. The number of pyridine rings is 1. The zero-order valence-corrected chi connectivity index (χ0v) is 16.2. The van der Waals surface area contributed by atoms with Crippen molar-refractivity contribution in [2.24, 2.45) is 5.73 Å². The first kappa shape index (κ1) is 22.0. The van der Waals surface area contributed by atoms with Crippen molar-refractivity contribution in [1.29, 1.82) is 0 Å². The zero-order valence-electron chi connectivity index (χ0n) is 14.5. The van der Waals surface area contributed by atoms with E-state index >= 15 is 0 Å². The van der Waals surface area contributed by atoms with Crippen LogP contribution in [0, 0.1) is 6.92 Å². The molecule has 2 fully saturated rings. The van der Waals surface area contributed by atoms with E-state index < -0.39 is 0 Å². The van der Waals surface area contributed by atoms with Gasteiger partial charge in [-0.25, -0.2) is 4.98 Å². The second-order valence-electron chi connectivity index (χ2n) is 6.47. The molecule has 2 saturated heterocycles. The SMILES string of the molecule is Cc1cccc(N2CCC(NC(=O)[C@@H]3CC[C@H](CN)O3)CC2)n1.Cl.Cl. The predicted octanol–water partition coefficient (Wildman–Crippen LogP) is 1.82. The average molecular weight is 391 g/mol.